The van der Waals surface area contributed by atoms with Crippen LogP contribution in [0.25, 0.3) is 21.8 Å². The highest BCUT2D eigenvalue weighted by atomic mass is 32.2. The first kappa shape index (κ1) is 16.9. The summed E-state index contributed by atoms with van der Waals surface area (Å²) in [7, 11) is 0. The topological polar surface area (TPSA) is 45.8 Å². The Balaban J connectivity index is 1.73. The van der Waals surface area contributed by atoms with Gasteiger partial charge in [0, 0.05) is 22.6 Å². The third-order valence-electron chi connectivity index (χ3n) is 4.65. The molecule has 0 aliphatic carbocycles. The van der Waals surface area contributed by atoms with Gasteiger partial charge in [0.05, 0.1) is 16.1 Å². The van der Waals surface area contributed by atoms with E-state index in [-0.39, 0.29) is 5.56 Å². The maximum absolute atomic E-state index is 12.1. The fourth-order valence-electron chi connectivity index (χ4n) is 3.45. The molecular formula is C22H20N2OS. The lowest BCUT2D eigenvalue weighted by molar-refractivity contribution is 1.16. The van der Waals surface area contributed by atoms with Gasteiger partial charge in [0.15, 0.2) is 0 Å². The number of hydrogen-bond acceptors (Lipinski definition) is 3. The standard InChI is InChI=1S/C22H20N2OS/c1-13-8-15(3)22-18(9-13)16(11-20(25)24-22)12-26-21-10-14(2)17-6-4-5-7-19(17)23-21/h4-11H,12H2,1-3H3,(H,24,25). The van der Waals surface area contributed by atoms with Crippen molar-refractivity contribution in [3.8, 4) is 0 Å². The summed E-state index contributed by atoms with van der Waals surface area (Å²) >= 11 is 1.67. The SMILES string of the molecule is Cc1cc(C)c2[nH]c(=O)cc(CSc3cc(C)c4ccccc4n3)c2c1. The van der Waals surface area contributed by atoms with Crippen LogP contribution < -0.4 is 5.56 Å². The summed E-state index contributed by atoms with van der Waals surface area (Å²) in [6.45, 7) is 6.24. The lowest BCUT2D eigenvalue weighted by Gasteiger charge is -2.10. The fourth-order valence-corrected chi connectivity index (χ4v) is 4.41. The first-order valence-corrected chi connectivity index (χ1v) is 9.62. The van der Waals surface area contributed by atoms with Gasteiger partial charge < -0.3 is 4.98 Å². The number of para-hydroxylation sites is 1. The molecule has 0 radical (unpaired) electrons. The Bertz CT molecular complexity index is 1190. The van der Waals surface area contributed by atoms with Crippen molar-refractivity contribution in [2.75, 3.05) is 0 Å². The normalized spacial score (nSPS) is 11.3. The minimum atomic E-state index is -0.0531. The third kappa shape index (κ3) is 3.13. The molecule has 3 nitrogen and oxygen atoms in total. The summed E-state index contributed by atoms with van der Waals surface area (Å²) in [6, 6.07) is 16.3. The number of aromatic nitrogens is 2. The van der Waals surface area contributed by atoms with Crippen molar-refractivity contribution in [2.45, 2.75) is 31.6 Å². The van der Waals surface area contributed by atoms with E-state index >= 15 is 0 Å². The zero-order valence-corrected chi connectivity index (χ0v) is 15.9. The van der Waals surface area contributed by atoms with E-state index in [4.69, 9.17) is 4.98 Å². The second kappa shape index (κ2) is 6.61. The number of nitrogens with zero attached hydrogens (tertiary/aromatic N) is 1. The zero-order chi connectivity index (χ0) is 18.3. The van der Waals surface area contributed by atoms with Gasteiger partial charge in [-0.1, -0.05) is 29.8 Å². The highest BCUT2D eigenvalue weighted by Gasteiger charge is 2.09. The predicted molar refractivity (Wildman–Crippen MR) is 110 cm³/mol. The largest absolute Gasteiger partial charge is 0.322 e. The fraction of sp³-hybridized carbons (Fsp3) is 0.182. The summed E-state index contributed by atoms with van der Waals surface area (Å²) in [4.78, 5) is 19.8. The van der Waals surface area contributed by atoms with Gasteiger partial charge in [0.25, 0.3) is 0 Å². The lowest BCUT2D eigenvalue weighted by atomic mass is 10.0. The van der Waals surface area contributed by atoms with Crippen LogP contribution in [-0.2, 0) is 5.75 Å². The molecule has 0 saturated carbocycles. The zero-order valence-electron chi connectivity index (χ0n) is 15.1. The van der Waals surface area contributed by atoms with Gasteiger partial charge in [-0.05, 0) is 55.7 Å². The summed E-state index contributed by atoms with van der Waals surface area (Å²) < 4.78 is 0. The number of rotatable bonds is 3. The van der Waals surface area contributed by atoms with E-state index in [0.717, 1.165) is 32.6 Å². The van der Waals surface area contributed by atoms with Crippen molar-refractivity contribution in [3.05, 3.63) is 81.1 Å². The second-order valence-corrected chi connectivity index (χ2v) is 7.74. The molecule has 0 saturated heterocycles. The van der Waals surface area contributed by atoms with Crippen LogP contribution in [0.3, 0.4) is 0 Å². The van der Waals surface area contributed by atoms with Crippen molar-refractivity contribution >= 4 is 33.6 Å². The molecule has 2 aromatic carbocycles. The van der Waals surface area contributed by atoms with Crippen LogP contribution in [0.15, 0.2) is 58.4 Å². The molecule has 0 bridgehead atoms. The molecule has 0 atom stereocenters. The van der Waals surface area contributed by atoms with Crippen LogP contribution in [0.2, 0.25) is 0 Å². The van der Waals surface area contributed by atoms with E-state index in [1.54, 1.807) is 17.8 Å². The third-order valence-corrected chi connectivity index (χ3v) is 5.61. The average Bonchev–Trinajstić information content (AvgIpc) is 2.60. The van der Waals surface area contributed by atoms with Crippen molar-refractivity contribution in [3.63, 3.8) is 0 Å². The van der Waals surface area contributed by atoms with Crippen LogP contribution in [0.1, 0.15) is 22.3 Å². The molecule has 4 aromatic rings. The lowest BCUT2D eigenvalue weighted by Crippen LogP contribution is -2.07. The van der Waals surface area contributed by atoms with Gasteiger partial charge in [0.2, 0.25) is 5.56 Å². The van der Waals surface area contributed by atoms with E-state index in [0.29, 0.717) is 5.75 Å². The molecule has 0 aliphatic heterocycles. The molecule has 0 fully saturated rings. The Morgan fingerprint density at radius 1 is 0.962 bits per heavy atom. The van der Waals surface area contributed by atoms with E-state index in [1.165, 1.54) is 16.5 Å². The number of fused-ring (bicyclic) bond motifs is 2. The molecule has 2 aromatic heterocycles. The molecule has 2 heterocycles. The number of thioether (sulfide) groups is 1. The molecule has 0 spiro atoms. The predicted octanol–water partition coefficient (Wildman–Crippen LogP) is 5.29. The van der Waals surface area contributed by atoms with E-state index in [2.05, 4.69) is 43.1 Å². The Labute approximate surface area is 156 Å². The second-order valence-electron chi connectivity index (χ2n) is 6.75. The van der Waals surface area contributed by atoms with Crippen molar-refractivity contribution < 1.29 is 0 Å². The molecule has 0 aliphatic rings. The number of hydrogen-bond donors (Lipinski definition) is 1. The summed E-state index contributed by atoms with van der Waals surface area (Å²) in [5.41, 5.74) is 6.46. The molecule has 1 N–H and O–H groups in total. The number of pyridine rings is 2. The Kier molecular flexibility index (Phi) is 4.29. The number of nitrogens with one attached hydrogen (secondary N) is 1. The van der Waals surface area contributed by atoms with Crippen LogP contribution in [-0.4, -0.2) is 9.97 Å². The molecule has 0 unspecified atom stereocenters. The van der Waals surface area contributed by atoms with E-state index in [1.807, 2.05) is 25.1 Å². The number of H-pyrrole nitrogens is 1. The van der Waals surface area contributed by atoms with Crippen LogP contribution in [0.4, 0.5) is 0 Å². The van der Waals surface area contributed by atoms with Crippen LogP contribution >= 0.6 is 11.8 Å². The van der Waals surface area contributed by atoms with Gasteiger partial charge in [-0.2, -0.15) is 0 Å². The molecule has 26 heavy (non-hydrogen) atoms. The minimum Gasteiger partial charge on any atom is -0.322 e. The quantitative estimate of drug-likeness (QED) is 0.505. The maximum Gasteiger partial charge on any atom is 0.248 e. The van der Waals surface area contributed by atoms with Crippen LogP contribution in [0.5, 0.6) is 0 Å². The average molecular weight is 360 g/mol. The molecular weight excluding hydrogens is 340 g/mol. The Hall–Kier alpha value is -2.59. The van der Waals surface area contributed by atoms with Crippen molar-refractivity contribution in [1.29, 1.82) is 0 Å². The van der Waals surface area contributed by atoms with Crippen molar-refractivity contribution in [2.24, 2.45) is 0 Å². The van der Waals surface area contributed by atoms with E-state index in [9.17, 15) is 4.79 Å². The number of aryl methyl sites for hydroxylation is 3. The number of aromatic amines is 1. The first-order valence-electron chi connectivity index (χ1n) is 8.63. The summed E-state index contributed by atoms with van der Waals surface area (Å²) in [6.07, 6.45) is 0. The van der Waals surface area contributed by atoms with Gasteiger partial charge in [0.1, 0.15) is 0 Å². The summed E-state index contributed by atoms with van der Waals surface area (Å²) in [5.74, 6) is 0.716. The number of benzene rings is 2. The van der Waals surface area contributed by atoms with Gasteiger partial charge in [-0.15, -0.1) is 11.8 Å². The molecule has 4 heteroatoms. The first-order chi connectivity index (χ1) is 12.5. The summed E-state index contributed by atoms with van der Waals surface area (Å²) in [5, 5.41) is 3.29. The van der Waals surface area contributed by atoms with Gasteiger partial charge in [-0.25, -0.2) is 4.98 Å². The van der Waals surface area contributed by atoms with Crippen molar-refractivity contribution in [1.82, 2.24) is 9.97 Å². The highest BCUT2D eigenvalue weighted by Crippen LogP contribution is 2.29. The monoisotopic (exact) mass is 360 g/mol. The minimum absolute atomic E-state index is 0.0531. The smallest absolute Gasteiger partial charge is 0.248 e. The molecule has 4 rings (SSSR count). The molecule has 130 valence electrons. The maximum atomic E-state index is 12.1. The highest BCUT2D eigenvalue weighted by molar-refractivity contribution is 7.98. The Morgan fingerprint density at radius 2 is 1.77 bits per heavy atom. The van der Waals surface area contributed by atoms with Crippen LogP contribution in [0, 0.1) is 20.8 Å². The van der Waals surface area contributed by atoms with Gasteiger partial charge in [-0.3, -0.25) is 4.79 Å². The van der Waals surface area contributed by atoms with E-state index < -0.39 is 0 Å². The molecule has 0 amide bonds. The Morgan fingerprint density at radius 3 is 2.62 bits per heavy atom. The van der Waals surface area contributed by atoms with Gasteiger partial charge >= 0.3 is 0 Å².